The Bertz CT molecular complexity index is 2960. The van der Waals surface area contributed by atoms with Crippen LogP contribution in [0.4, 0.5) is 21.9 Å². The topological polar surface area (TPSA) is 223 Å². The van der Waals surface area contributed by atoms with E-state index in [1.165, 1.54) is 12.2 Å². The minimum Gasteiger partial charge on any atom is -0.409 e. The smallest absolute Gasteiger partial charge is 0.409 e. The summed E-state index contributed by atoms with van der Waals surface area (Å²) in [6.45, 7) is 9.11. The third kappa shape index (κ3) is 12.1. The highest BCUT2D eigenvalue weighted by atomic mass is 35.5. The van der Waals surface area contributed by atoms with Crippen LogP contribution in [0.15, 0.2) is 91.0 Å². The first-order chi connectivity index (χ1) is 35.1. The van der Waals surface area contributed by atoms with Gasteiger partial charge in [-0.05, 0) is 85.8 Å². The maximum absolute atomic E-state index is 14.4. The van der Waals surface area contributed by atoms with Crippen molar-refractivity contribution in [3.8, 4) is 5.75 Å². The molecular formula is C54H60ClN9O9. The van der Waals surface area contributed by atoms with Gasteiger partial charge in [-0.15, -0.1) is 11.6 Å². The Labute approximate surface area is 427 Å². The second kappa shape index (κ2) is 23.0. The molecule has 0 bridgehead atoms. The van der Waals surface area contributed by atoms with Crippen LogP contribution in [0.2, 0.25) is 0 Å². The number of fused-ring (bicyclic) bond motifs is 4. The number of piperazine rings is 1. The van der Waals surface area contributed by atoms with Gasteiger partial charge >= 0.3 is 6.09 Å². The molecule has 3 aliphatic rings. The first-order valence-electron chi connectivity index (χ1n) is 24.6. The molecule has 4 heterocycles. The average molecular weight is 1010 g/mol. The Morgan fingerprint density at radius 2 is 1.52 bits per heavy atom. The molecular weight excluding hydrogens is 954 g/mol. The summed E-state index contributed by atoms with van der Waals surface area (Å²) in [5.74, 6) is -2.49. The SMILES string of the molecule is CC(C)C(CC(=O)[C@H](C)NCCNC(=O)CCCN1C(=O)C=CC1=O)C(=O)Nc1ccc(C(=O)Nc2ccc3[nH]c(C(=O)N4C[C@@H](CCl)c5c4cc(OC(=O)N4CCN(C)CC4)c4ccccc54)cc3c2)cc1. The molecule has 5 aromatic rings. The molecule has 7 amide bonds. The Morgan fingerprint density at radius 3 is 2.22 bits per heavy atom. The molecule has 382 valence electrons. The summed E-state index contributed by atoms with van der Waals surface area (Å²) >= 11 is 6.55. The molecule has 19 heteroatoms. The number of nitrogens with one attached hydrogen (secondary N) is 5. The van der Waals surface area contributed by atoms with Crippen LogP contribution in [0, 0.1) is 11.8 Å². The summed E-state index contributed by atoms with van der Waals surface area (Å²) in [7, 11) is 2.02. The van der Waals surface area contributed by atoms with Crippen LogP contribution in [-0.2, 0) is 24.0 Å². The highest BCUT2D eigenvalue weighted by Crippen LogP contribution is 2.46. The van der Waals surface area contributed by atoms with Crippen LogP contribution in [-0.4, -0.2) is 138 Å². The number of aromatic amines is 1. The van der Waals surface area contributed by atoms with Crippen LogP contribution in [0.1, 0.15) is 72.4 Å². The van der Waals surface area contributed by atoms with Gasteiger partial charge in [0.25, 0.3) is 23.6 Å². The van der Waals surface area contributed by atoms with E-state index in [1.54, 1.807) is 71.3 Å². The second-order valence-electron chi connectivity index (χ2n) is 19.1. The van der Waals surface area contributed by atoms with Crippen molar-refractivity contribution in [2.24, 2.45) is 11.8 Å². The van der Waals surface area contributed by atoms with Crippen LogP contribution in [0.5, 0.6) is 5.75 Å². The minimum absolute atomic E-state index is 0.0103. The number of H-pyrrole nitrogens is 1. The largest absolute Gasteiger partial charge is 0.415 e. The zero-order valence-electron chi connectivity index (χ0n) is 41.3. The van der Waals surface area contributed by atoms with E-state index in [4.69, 9.17) is 16.3 Å². The highest BCUT2D eigenvalue weighted by molar-refractivity contribution is 6.19. The number of amides is 7. The van der Waals surface area contributed by atoms with Crippen molar-refractivity contribution in [3.05, 3.63) is 108 Å². The third-order valence-corrected chi connectivity index (χ3v) is 14.0. The van der Waals surface area contributed by atoms with Crippen molar-refractivity contribution in [1.29, 1.82) is 0 Å². The van der Waals surface area contributed by atoms with Gasteiger partial charge in [0.2, 0.25) is 11.8 Å². The lowest BCUT2D eigenvalue weighted by Gasteiger charge is -2.31. The van der Waals surface area contributed by atoms with E-state index < -0.39 is 24.0 Å². The predicted molar refractivity (Wildman–Crippen MR) is 279 cm³/mol. The number of ether oxygens (including phenoxy) is 1. The lowest BCUT2D eigenvalue weighted by Crippen LogP contribution is -2.48. The van der Waals surface area contributed by atoms with Gasteiger partial charge in [0, 0.05) is 134 Å². The standard InChI is InChI=1S/C54H60ClN9O9/c1-32(2)41(28-45(65)33(3)56-19-20-57-47(66)10-7-21-63-48(67)17-18-49(63)68)52(70)58-37-13-11-34(12-14-37)51(69)59-38-15-16-42-35(26-38)27-43(60-42)53(71)64-31-36(30-55)50-40-9-6-5-8-39(40)46(29-44(50)64)73-54(72)62-24-22-61(4)23-25-62/h5-6,8-9,11-18,26-27,29,32-33,36,41,56,60H,7,10,19-25,28,30-31H2,1-4H3,(H,57,66)(H,58,70)(H,59,69)/t33-,36+,41?/m0/s1. The summed E-state index contributed by atoms with van der Waals surface area (Å²) in [5, 5.41) is 14.0. The highest BCUT2D eigenvalue weighted by Gasteiger charge is 2.36. The summed E-state index contributed by atoms with van der Waals surface area (Å²) in [6, 6.07) is 22.3. The number of hydrogen-bond acceptors (Lipinski definition) is 11. The Balaban J connectivity index is 0.839. The molecule has 3 aliphatic heterocycles. The summed E-state index contributed by atoms with van der Waals surface area (Å²) in [4.78, 5) is 113. The van der Waals surface area contributed by atoms with Crippen molar-refractivity contribution in [2.45, 2.75) is 52.0 Å². The molecule has 1 aromatic heterocycles. The molecule has 8 rings (SSSR count). The van der Waals surface area contributed by atoms with Crippen LogP contribution >= 0.6 is 11.6 Å². The maximum atomic E-state index is 14.4. The van der Waals surface area contributed by atoms with Gasteiger partial charge in [-0.1, -0.05) is 38.1 Å². The maximum Gasteiger partial charge on any atom is 0.415 e. The van der Waals surface area contributed by atoms with E-state index in [2.05, 4.69) is 31.2 Å². The number of hydrogen-bond donors (Lipinski definition) is 5. The number of aromatic nitrogens is 1. The van der Waals surface area contributed by atoms with Gasteiger partial charge in [0.1, 0.15) is 17.2 Å². The number of alkyl halides is 1. The minimum atomic E-state index is -0.631. The number of Topliss-reactive ketones (excluding diaryl/α,β-unsaturated/α-hetero) is 1. The Morgan fingerprint density at radius 1 is 0.822 bits per heavy atom. The number of ketones is 1. The van der Waals surface area contributed by atoms with E-state index >= 15 is 0 Å². The van der Waals surface area contributed by atoms with Gasteiger partial charge in [-0.2, -0.15) is 0 Å². The van der Waals surface area contributed by atoms with Gasteiger partial charge in [0.05, 0.1) is 11.7 Å². The molecule has 73 heavy (non-hydrogen) atoms. The summed E-state index contributed by atoms with van der Waals surface area (Å²) in [6.07, 6.45) is 2.43. The monoisotopic (exact) mass is 1010 g/mol. The molecule has 1 fully saturated rings. The fourth-order valence-corrected chi connectivity index (χ4v) is 9.60. The second-order valence-corrected chi connectivity index (χ2v) is 19.4. The average Bonchev–Trinajstić information content (AvgIpc) is 4.08. The molecule has 4 aromatic carbocycles. The first-order valence-corrected chi connectivity index (χ1v) is 25.1. The van der Waals surface area contributed by atoms with Crippen LogP contribution in [0.25, 0.3) is 21.7 Å². The third-order valence-electron chi connectivity index (χ3n) is 13.7. The van der Waals surface area contributed by atoms with Gasteiger partial charge in [0.15, 0.2) is 0 Å². The number of carbonyl (C=O) groups excluding carboxylic acids is 8. The molecule has 5 N–H and O–H groups in total. The number of carbonyl (C=O) groups is 8. The van der Waals surface area contributed by atoms with E-state index in [1.807, 2.05) is 45.2 Å². The van der Waals surface area contributed by atoms with Crippen LogP contribution in [0.3, 0.4) is 0 Å². The first kappa shape index (κ1) is 51.9. The van der Waals surface area contributed by atoms with Crippen molar-refractivity contribution in [3.63, 3.8) is 0 Å². The number of nitrogens with zero attached hydrogens (tertiary/aromatic N) is 4. The molecule has 0 spiro atoms. The normalized spacial score (nSPS) is 16.5. The lowest BCUT2D eigenvalue weighted by atomic mass is 9.88. The molecule has 3 atom stereocenters. The number of anilines is 3. The van der Waals surface area contributed by atoms with Crippen molar-refractivity contribution in [2.75, 3.05) is 80.8 Å². The number of imide groups is 1. The fraction of sp³-hybridized carbons (Fsp3) is 0.370. The number of likely N-dealkylation sites (N-methyl/N-ethyl adjacent to an activating group) is 1. The van der Waals surface area contributed by atoms with Crippen molar-refractivity contribution >= 4 is 97.7 Å². The zero-order chi connectivity index (χ0) is 51.9. The van der Waals surface area contributed by atoms with E-state index in [0.717, 1.165) is 34.3 Å². The molecule has 1 saturated heterocycles. The van der Waals surface area contributed by atoms with E-state index in [9.17, 15) is 38.4 Å². The summed E-state index contributed by atoms with van der Waals surface area (Å²) < 4.78 is 6.05. The predicted octanol–water partition coefficient (Wildman–Crippen LogP) is 6.27. The molecule has 1 unspecified atom stereocenters. The molecule has 0 saturated carbocycles. The van der Waals surface area contributed by atoms with Gasteiger partial charge in [-0.3, -0.25) is 38.5 Å². The van der Waals surface area contributed by atoms with Crippen molar-refractivity contribution < 1.29 is 43.1 Å². The number of halogens is 1. The Kier molecular flexibility index (Phi) is 16.4. The quantitative estimate of drug-likeness (QED) is 0.0352. The van der Waals surface area contributed by atoms with Gasteiger partial charge in [-0.25, -0.2) is 4.79 Å². The fourth-order valence-electron chi connectivity index (χ4n) is 9.34. The molecule has 18 nitrogen and oxygen atoms in total. The summed E-state index contributed by atoms with van der Waals surface area (Å²) in [5.41, 5.74) is 3.85. The van der Waals surface area contributed by atoms with E-state index in [-0.39, 0.29) is 79.0 Å². The zero-order valence-corrected chi connectivity index (χ0v) is 42.1. The lowest BCUT2D eigenvalue weighted by molar-refractivity contribution is -0.137. The molecule has 0 radical (unpaired) electrons. The van der Waals surface area contributed by atoms with Crippen molar-refractivity contribution in [1.82, 2.24) is 30.3 Å². The molecule has 0 aliphatic carbocycles. The van der Waals surface area contributed by atoms with Gasteiger partial charge < -0.3 is 45.7 Å². The number of benzene rings is 4. The number of rotatable bonds is 19. The Hall–Kier alpha value is -7.41. The van der Waals surface area contributed by atoms with E-state index in [0.29, 0.717) is 77.6 Å². The van der Waals surface area contributed by atoms with Crippen LogP contribution < -0.4 is 30.9 Å².